The number of rotatable bonds is 2. The minimum atomic E-state index is -0.127. The molecule has 0 atom stereocenters. The van der Waals surface area contributed by atoms with Gasteiger partial charge in [-0.3, -0.25) is 4.79 Å². The van der Waals surface area contributed by atoms with Crippen LogP contribution in [0.2, 0.25) is 5.02 Å². The number of nitrogens with zero attached hydrogens (tertiary/aromatic N) is 1. The lowest BCUT2D eigenvalue weighted by atomic mass is 10.2. The maximum absolute atomic E-state index is 11.6. The number of para-hydroxylation sites is 1. The highest BCUT2D eigenvalue weighted by Crippen LogP contribution is 2.24. The Hall–Kier alpha value is -1.28. The van der Waals surface area contributed by atoms with Crippen LogP contribution < -0.4 is 4.90 Å². The molecule has 0 aromatic heterocycles. The number of halogens is 1. The quantitative estimate of drug-likeness (QED) is 0.686. The van der Waals surface area contributed by atoms with Gasteiger partial charge in [-0.05, 0) is 19.1 Å². The topological polar surface area (TPSA) is 20.3 Å². The smallest absolute Gasteiger partial charge is 0.253 e. The van der Waals surface area contributed by atoms with E-state index in [2.05, 4.69) is 6.58 Å². The molecule has 1 aromatic rings. The van der Waals surface area contributed by atoms with Crippen molar-refractivity contribution in [3.63, 3.8) is 0 Å². The molecule has 0 saturated heterocycles. The van der Waals surface area contributed by atoms with E-state index in [1.165, 1.54) is 4.90 Å². The number of benzene rings is 1. The van der Waals surface area contributed by atoms with Crippen LogP contribution in [0.15, 0.2) is 36.4 Å². The summed E-state index contributed by atoms with van der Waals surface area (Å²) in [5.74, 6) is -0.127. The number of likely N-dealkylation sites (N-methyl/N-ethyl adjacent to an activating group) is 1. The van der Waals surface area contributed by atoms with Crippen molar-refractivity contribution >= 4 is 23.2 Å². The molecule has 0 aliphatic rings. The number of anilines is 1. The molecule has 0 spiro atoms. The van der Waals surface area contributed by atoms with E-state index in [-0.39, 0.29) is 5.91 Å². The van der Waals surface area contributed by atoms with Crippen LogP contribution in [0.3, 0.4) is 0 Å². The zero-order valence-corrected chi connectivity index (χ0v) is 9.01. The summed E-state index contributed by atoms with van der Waals surface area (Å²) >= 11 is 5.94. The summed E-state index contributed by atoms with van der Waals surface area (Å²) in [6.07, 6.45) is 0. The second kappa shape index (κ2) is 4.29. The van der Waals surface area contributed by atoms with Crippen molar-refractivity contribution in [3.8, 4) is 0 Å². The highest BCUT2D eigenvalue weighted by atomic mass is 35.5. The molecule has 0 N–H and O–H groups in total. The van der Waals surface area contributed by atoms with Crippen molar-refractivity contribution in [2.45, 2.75) is 6.92 Å². The number of hydrogen-bond acceptors (Lipinski definition) is 1. The summed E-state index contributed by atoms with van der Waals surface area (Å²) in [5, 5.41) is 0.560. The fraction of sp³-hybridized carbons (Fsp3) is 0.182. The number of hydrogen-bond donors (Lipinski definition) is 0. The Bertz CT molecular complexity index is 373. The van der Waals surface area contributed by atoms with Gasteiger partial charge >= 0.3 is 0 Å². The number of amides is 1. The molecule has 74 valence electrons. The molecule has 1 rings (SSSR count). The zero-order valence-electron chi connectivity index (χ0n) is 8.25. The standard InChI is InChI=1S/C11H12ClNO/c1-8(2)11(14)13(3)10-7-5-4-6-9(10)12/h4-7H,1H2,2-3H3. The first-order valence-corrected chi connectivity index (χ1v) is 4.60. The van der Waals surface area contributed by atoms with Gasteiger partial charge in [0.15, 0.2) is 0 Å². The first-order valence-electron chi connectivity index (χ1n) is 4.22. The first kappa shape index (κ1) is 10.8. The monoisotopic (exact) mass is 209 g/mol. The van der Waals surface area contributed by atoms with E-state index in [0.717, 1.165) is 0 Å². The summed E-state index contributed by atoms with van der Waals surface area (Å²) in [6.45, 7) is 5.27. The van der Waals surface area contributed by atoms with Crippen molar-refractivity contribution in [1.29, 1.82) is 0 Å². The first-order chi connectivity index (χ1) is 6.54. The van der Waals surface area contributed by atoms with Crippen molar-refractivity contribution in [2.75, 3.05) is 11.9 Å². The largest absolute Gasteiger partial charge is 0.310 e. The predicted molar refractivity (Wildman–Crippen MR) is 59.7 cm³/mol. The third-order valence-corrected chi connectivity index (χ3v) is 2.20. The number of carbonyl (C=O) groups is 1. The van der Waals surface area contributed by atoms with Crippen LogP contribution in [0, 0.1) is 0 Å². The van der Waals surface area contributed by atoms with Crippen molar-refractivity contribution in [2.24, 2.45) is 0 Å². The molecular formula is C11H12ClNO. The fourth-order valence-corrected chi connectivity index (χ4v) is 1.38. The van der Waals surface area contributed by atoms with Gasteiger partial charge in [0.05, 0.1) is 10.7 Å². The second-order valence-electron chi connectivity index (χ2n) is 3.10. The van der Waals surface area contributed by atoms with Gasteiger partial charge in [0.2, 0.25) is 0 Å². The van der Waals surface area contributed by atoms with Crippen molar-refractivity contribution in [3.05, 3.63) is 41.4 Å². The second-order valence-corrected chi connectivity index (χ2v) is 3.50. The molecule has 1 aromatic carbocycles. The molecule has 0 radical (unpaired) electrons. The average Bonchev–Trinajstić information content (AvgIpc) is 2.16. The van der Waals surface area contributed by atoms with Crippen molar-refractivity contribution < 1.29 is 4.79 Å². The summed E-state index contributed by atoms with van der Waals surface area (Å²) in [6, 6.07) is 7.20. The van der Waals surface area contributed by atoms with E-state index in [9.17, 15) is 4.79 Å². The maximum atomic E-state index is 11.6. The van der Waals surface area contributed by atoms with E-state index in [0.29, 0.717) is 16.3 Å². The van der Waals surface area contributed by atoms with Crippen LogP contribution in [0.25, 0.3) is 0 Å². The molecule has 0 aliphatic carbocycles. The predicted octanol–water partition coefficient (Wildman–Crippen LogP) is 2.88. The lowest BCUT2D eigenvalue weighted by Crippen LogP contribution is -2.26. The van der Waals surface area contributed by atoms with Crippen LogP contribution in [-0.2, 0) is 4.79 Å². The maximum Gasteiger partial charge on any atom is 0.253 e. The van der Waals surface area contributed by atoms with Gasteiger partial charge in [-0.1, -0.05) is 30.3 Å². The van der Waals surface area contributed by atoms with Crippen LogP contribution in [0.1, 0.15) is 6.92 Å². The van der Waals surface area contributed by atoms with Crippen LogP contribution in [0.5, 0.6) is 0 Å². The van der Waals surface area contributed by atoms with E-state index in [1.54, 1.807) is 26.1 Å². The molecule has 1 amide bonds. The van der Waals surface area contributed by atoms with Crippen LogP contribution in [0.4, 0.5) is 5.69 Å². The van der Waals surface area contributed by atoms with Crippen molar-refractivity contribution in [1.82, 2.24) is 0 Å². The molecule has 0 bridgehead atoms. The molecule has 0 unspecified atom stereocenters. The summed E-state index contributed by atoms with van der Waals surface area (Å²) in [4.78, 5) is 13.1. The molecule has 14 heavy (non-hydrogen) atoms. The Morgan fingerprint density at radius 3 is 2.50 bits per heavy atom. The summed E-state index contributed by atoms with van der Waals surface area (Å²) < 4.78 is 0. The fourth-order valence-electron chi connectivity index (χ4n) is 1.12. The highest BCUT2D eigenvalue weighted by molar-refractivity contribution is 6.34. The normalized spacial score (nSPS) is 9.64. The van der Waals surface area contributed by atoms with E-state index < -0.39 is 0 Å². The lowest BCUT2D eigenvalue weighted by molar-refractivity contribution is -0.114. The third kappa shape index (κ3) is 2.15. The lowest BCUT2D eigenvalue weighted by Gasteiger charge is -2.18. The van der Waals surface area contributed by atoms with E-state index in [1.807, 2.05) is 12.1 Å². The molecule has 2 nitrogen and oxygen atoms in total. The summed E-state index contributed by atoms with van der Waals surface area (Å²) in [5.41, 5.74) is 1.19. The Morgan fingerprint density at radius 1 is 1.43 bits per heavy atom. The minimum Gasteiger partial charge on any atom is -0.310 e. The molecular weight excluding hydrogens is 198 g/mol. The Balaban J connectivity index is 3.01. The van der Waals surface area contributed by atoms with Gasteiger partial charge in [0, 0.05) is 12.6 Å². The van der Waals surface area contributed by atoms with Crippen LogP contribution in [-0.4, -0.2) is 13.0 Å². The molecule has 0 aliphatic heterocycles. The molecule has 0 saturated carbocycles. The van der Waals surface area contributed by atoms with Gasteiger partial charge in [0.1, 0.15) is 0 Å². The minimum absolute atomic E-state index is 0.127. The molecule has 0 fully saturated rings. The average molecular weight is 210 g/mol. The van der Waals surface area contributed by atoms with Gasteiger partial charge in [0.25, 0.3) is 5.91 Å². The molecule has 0 heterocycles. The van der Waals surface area contributed by atoms with E-state index >= 15 is 0 Å². The Morgan fingerprint density at radius 2 is 2.00 bits per heavy atom. The van der Waals surface area contributed by atoms with E-state index in [4.69, 9.17) is 11.6 Å². The third-order valence-electron chi connectivity index (χ3n) is 1.88. The Kier molecular flexibility index (Phi) is 3.31. The van der Waals surface area contributed by atoms with Gasteiger partial charge in [-0.25, -0.2) is 0 Å². The van der Waals surface area contributed by atoms with Gasteiger partial charge in [-0.2, -0.15) is 0 Å². The Labute approximate surface area is 88.8 Å². The highest BCUT2D eigenvalue weighted by Gasteiger charge is 2.13. The van der Waals surface area contributed by atoms with Crippen LogP contribution >= 0.6 is 11.6 Å². The SMILES string of the molecule is C=C(C)C(=O)N(C)c1ccccc1Cl. The summed E-state index contributed by atoms with van der Waals surface area (Å²) in [7, 11) is 1.68. The van der Waals surface area contributed by atoms with Gasteiger partial charge < -0.3 is 4.90 Å². The van der Waals surface area contributed by atoms with Gasteiger partial charge in [-0.15, -0.1) is 0 Å². The zero-order chi connectivity index (χ0) is 10.7. The number of carbonyl (C=O) groups excluding carboxylic acids is 1. The molecule has 3 heteroatoms.